The summed E-state index contributed by atoms with van der Waals surface area (Å²) in [5.74, 6) is -1.10. The number of carbonyl (C=O) groups excluding carboxylic acids is 1. The first-order valence-corrected chi connectivity index (χ1v) is 7.12. The van der Waals surface area contributed by atoms with Gasteiger partial charge in [0.05, 0.1) is 12.0 Å². The molecule has 0 radical (unpaired) electrons. The summed E-state index contributed by atoms with van der Waals surface area (Å²) in [5, 5.41) is 11.8. The number of rotatable bonds is 7. The summed E-state index contributed by atoms with van der Waals surface area (Å²) in [6, 6.07) is -0.777. The molecule has 2 N–H and O–H groups in total. The van der Waals surface area contributed by atoms with Crippen LogP contribution < -0.4 is 5.32 Å². The highest BCUT2D eigenvalue weighted by Crippen LogP contribution is 2.27. The maximum absolute atomic E-state index is 12.2. The molecule has 1 fully saturated rings. The Bertz CT molecular complexity index is 317. The van der Waals surface area contributed by atoms with Crippen LogP contribution in [0.5, 0.6) is 0 Å². The summed E-state index contributed by atoms with van der Waals surface area (Å²) >= 11 is 0. The second kappa shape index (κ2) is 7.48. The molecule has 3 atom stereocenters. The molecule has 0 saturated carbocycles. The Balaban J connectivity index is 2.58. The van der Waals surface area contributed by atoms with Crippen molar-refractivity contribution in [1.29, 1.82) is 0 Å². The van der Waals surface area contributed by atoms with Crippen molar-refractivity contribution in [3.05, 3.63) is 0 Å². The monoisotopic (exact) mass is 271 g/mol. The lowest BCUT2D eigenvalue weighted by molar-refractivity contribution is -0.143. The highest BCUT2D eigenvalue weighted by atomic mass is 16.5. The standard InChI is InChI=1S/C14H25NO4/c1-4-5-6-11(14(17)18)15-13(16)10-7-8-19-12(10)9(2)3/h9-12H,4-8H2,1-3H3,(H,15,16)(H,17,18). The number of ether oxygens (including phenoxy) is 1. The van der Waals surface area contributed by atoms with E-state index in [1.165, 1.54) is 0 Å². The Morgan fingerprint density at radius 3 is 2.63 bits per heavy atom. The van der Waals surface area contributed by atoms with E-state index in [4.69, 9.17) is 9.84 Å². The van der Waals surface area contributed by atoms with E-state index in [-0.39, 0.29) is 23.8 Å². The molecular formula is C14H25NO4. The van der Waals surface area contributed by atoms with Crippen LogP contribution in [0, 0.1) is 11.8 Å². The predicted octanol–water partition coefficient (Wildman–Crippen LogP) is 1.81. The fourth-order valence-electron chi connectivity index (χ4n) is 2.49. The summed E-state index contributed by atoms with van der Waals surface area (Å²) in [7, 11) is 0. The van der Waals surface area contributed by atoms with Crippen LogP contribution in [0.1, 0.15) is 46.5 Å². The van der Waals surface area contributed by atoms with Gasteiger partial charge in [-0.15, -0.1) is 0 Å². The zero-order chi connectivity index (χ0) is 14.4. The van der Waals surface area contributed by atoms with Gasteiger partial charge in [-0.05, 0) is 18.8 Å². The van der Waals surface area contributed by atoms with Crippen molar-refractivity contribution in [2.75, 3.05) is 6.61 Å². The third-order valence-corrected chi connectivity index (χ3v) is 3.59. The molecule has 0 aliphatic carbocycles. The molecule has 1 rings (SSSR count). The lowest BCUT2D eigenvalue weighted by Crippen LogP contribution is -2.46. The minimum Gasteiger partial charge on any atom is -0.480 e. The van der Waals surface area contributed by atoms with Crippen LogP contribution in [0.25, 0.3) is 0 Å². The highest BCUT2D eigenvalue weighted by Gasteiger charge is 2.37. The van der Waals surface area contributed by atoms with Gasteiger partial charge in [0.15, 0.2) is 0 Å². The van der Waals surface area contributed by atoms with Crippen molar-refractivity contribution in [2.24, 2.45) is 11.8 Å². The molecule has 5 heteroatoms. The van der Waals surface area contributed by atoms with Crippen molar-refractivity contribution < 1.29 is 19.4 Å². The summed E-state index contributed by atoms with van der Waals surface area (Å²) in [4.78, 5) is 23.3. The maximum Gasteiger partial charge on any atom is 0.326 e. The second-order valence-electron chi connectivity index (χ2n) is 5.52. The van der Waals surface area contributed by atoms with Crippen LogP contribution in [-0.4, -0.2) is 35.7 Å². The van der Waals surface area contributed by atoms with Gasteiger partial charge >= 0.3 is 5.97 Å². The SMILES string of the molecule is CCCCC(NC(=O)C1CCOC1C(C)C)C(=O)O. The van der Waals surface area contributed by atoms with E-state index in [0.717, 1.165) is 12.8 Å². The molecule has 3 unspecified atom stereocenters. The van der Waals surface area contributed by atoms with E-state index >= 15 is 0 Å². The molecule has 1 heterocycles. The van der Waals surface area contributed by atoms with Crippen molar-refractivity contribution in [3.8, 4) is 0 Å². The number of hydrogen-bond donors (Lipinski definition) is 2. The lowest BCUT2D eigenvalue weighted by Gasteiger charge is -2.23. The molecule has 0 aromatic heterocycles. The molecule has 0 aromatic rings. The lowest BCUT2D eigenvalue weighted by atomic mass is 9.92. The number of unbranched alkanes of at least 4 members (excludes halogenated alkanes) is 1. The number of carboxylic acid groups (broad SMARTS) is 1. The van der Waals surface area contributed by atoms with Crippen molar-refractivity contribution in [2.45, 2.75) is 58.6 Å². The molecule has 1 aliphatic heterocycles. The van der Waals surface area contributed by atoms with Crippen molar-refractivity contribution in [3.63, 3.8) is 0 Å². The van der Waals surface area contributed by atoms with Gasteiger partial charge < -0.3 is 15.2 Å². The summed E-state index contributed by atoms with van der Waals surface area (Å²) < 4.78 is 5.56. The second-order valence-corrected chi connectivity index (χ2v) is 5.52. The van der Waals surface area contributed by atoms with E-state index < -0.39 is 12.0 Å². The van der Waals surface area contributed by atoms with Crippen molar-refractivity contribution >= 4 is 11.9 Å². The van der Waals surface area contributed by atoms with E-state index in [9.17, 15) is 9.59 Å². The molecule has 0 bridgehead atoms. The molecule has 1 aliphatic rings. The smallest absolute Gasteiger partial charge is 0.326 e. The number of carboxylic acids is 1. The summed E-state index contributed by atoms with van der Waals surface area (Å²) in [5.41, 5.74) is 0. The molecule has 110 valence electrons. The largest absolute Gasteiger partial charge is 0.480 e. The molecule has 0 spiro atoms. The predicted molar refractivity (Wildman–Crippen MR) is 71.8 cm³/mol. The summed E-state index contributed by atoms with van der Waals surface area (Å²) in [6.07, 6.45) is 2.78. The average Bonchev–Trinajstić information content (AvgIpc) is 2.83. The van der Waals surface area contributed by atoms with Crippen LogP contribution in [0.4, 0.5) is 0 Å². The van der Waals surface area contributed by atoms with E-state index in [0.29, 0.717) is 19.4 Å². The zero-order valence-corrected chi connectivity index (χ0v) is 12.0. The van der Waals surface area contributed by atoms with Crippen molar-refractivity contribution in [1.82, 2.24) is 5.32 Å². The van der Waals surface area contributed by atoms with Gasteiger partial charge in [0.1, 0.15) is 6.04 Å². The number of carbonyl (C=O) groups is 2. The molecular weight excluding hydrogens is 246 g/mol. The number of amides is 1. The number of aliphatic carboxylic acids is 1. The van der Waals surface area contributed by atoms with Gasteiger partial charge in [-0.2, -0.15) is 0 Å². The highest BCUT2D eigenvalue weighted by molar-refractivity contribution is 5.85. The first kappa shape index (κ1) is 16.0. The van der Waals surface area contributed by atoms with Gasteiger partial charge in [-0.3, -0.25) is 4.79 Å². The normalized spacial score (nSPS) is 24.4. The van der Waals surface area contributed by atoms with E-state index in [2.05, 4.69) is 5.32 Å². The number of nitrogens with one attached hydrogen (secondary N) is 1. The third-order valence-electron chi connectivity index (χ3n) is 3.59. The molecule has 19 heavy (non-hydrogen) atoms. The third kappa shape index (κ3) is 4.49. The molecule has 5 nitrogen and oxygen atoms in total. The maximum atomic E-state index is 12.2. The van der Waals surface area contributed by atoms with Gasteiger partial charge in [0.2, 0.25) is 5.91 Å². The minimum absolute atomic E-state index is 0.0966. The first-order valence-electron chi connectivity index (χ1n) is 7.12. The Morgan fingerprint density at radius 2 is 2.11 bits per heavy atom. The molecule has 0 aromatic carbocycles. The Labute approximate surface area is 114 Å². The topological polar surface area (TPSA) is 75.6 Å². The van der Waals surface area contributed by atoms with Gasteiger partial charge in [-0.25, -0.2) is 4.79 Å². The van der Waals surface area contributed by atoms with Gasteiger partial charge in [0.25, 0.3) is 0 Å². The first-order chi connectivity index (χ1) is 8.97. The van der Waals surface area contributed by atoms with E-state index in [1.807, 2.05) is 20.8 Å². The van der Waals surface area contributed by atoms with Crippen LogP contribution in [0.15, 0.2) is 0 Å². The van der Waals surface area contributed by atoms with Gasteiger partial charge in [0, 0.05) is 6.61 Å². The summed E-state index contributed by atoms with van der Waals surface area (Å²) in [6.45, 7) is 6.61. The van der Waals surface area contributed by atoms with Crippen LogP contribution in [0.2, 0.25) is 0 Å². The molecule has 1 amide bonds. The zero-order valence-electron chi connectivity index (χ0n) is 12.0. The quantitative estimate of drug-likeness (QED) is 0.740. The van der Waals surface area contributed by atoms with Crippen LogP contribution in [-0.2, 0) is 14.3 Å². The number of hydrogen-bond acceptors (Lipinski definition) is 3. The fourth-order valence-corrected chi connectivity index (χ4v) is 2.49. The van der Waals surface area contributed by atoms with Crippen LogP contribution in [0.3, 0.4) is 0 Å². The Morgan fingerprint density at radius 1 is 1.42 bits per heavy atom. The Hall–Kier alpha value is -1.10. The van der Waals surface area contributed by atoms with Gasteiger partial charge in [-0.1, -0.05) is 33.6 Å². The Kier molecular flexibility index (Phi) is 6.28. The fraction of sp³-hybridized carbons (Fsp3) is 0.857. The van der Waals surface area contributed by atoms with Crippen LogP contribution >= 0.6 is 0 Å². The van der Waals surface area contributed by atoms with E-state index in [1.54, 1.807) is 0 Å². The molecule has 1 saturated heterocycles. The minimum atomic E-state index is -0.957. The average molecular weight is 271 g/mol.